The first kappa shape index (κ1) is 19.7. The highest BCUT2D eigenvalue weighted by atomic mass is 16.2. The molecule has 0 fully saturated rings. The van der Waals surface area contributed by atoms with Crippen molar-refractivity contribution in [3.05, 3.63) is 41.2 Å². The number of rotatable bonds is 10. The summed E-state index contributed by atoms with van der Waals surface area (Å²) in [6.45, 7) is 2.94. The van der Waals surface area contributed by atoms with Gasteiger partial charge in [0, 0.05) is 19.5 Å². The number of carbonyl (C=O) groups excluding carboxylic acids is 3. The molecule has 148 valence electrons. The van der Waals surface area contributed by atoms with Gasteiger partial charge >= 0.3 is 0 Å². The number of tetrazole rings is 1. The Bertz CT molecular complexity index is 828. The Morgan fingerprint density at radius 2 is 1.79 bits per heavy atom. The molecule has 1 aliphatic heterocycles. The molecule has 28 heavy (non-hydrogen) atoms. The topological polar surface area (TPSA) is 110 Å². The van der Waals surface area contributed by atoms with Crippen molar-refractivity contribution >= 4 is 17.7 Å². The summed E-state index contributed by atoms with van der Waals surface area (Å²) < 4.78 is 0. The van der Waals surface area contributed by atoms with E-state index >= 15 is 0 Å². The molecule has 1 aromatic carbocycles. The van der Waals surface area contributed by atoms with Crippen LogP contribution in [0.1, 0.15) is 59.1 Å². The fourth-order valence-corrected chi connectivity index (χ4v) is 3.06. The maximum absolute atomic E-state index is 12.3. The predicted octanol–water partition coefficient (Wildman–Crippen LogP) is 1.21. The molecule has 0 spiro atoms. The van der Waals surface area contributed by atoms with Gasteiger partial charge in [0.25, 0.3) is 11.8 Å². The molecule has 0 radical (unpaired) electrons. The average Bonchev–Trinajstić information content (AvgIpc) is 3.23. The molecule has 2 heterocycles. The van der Waals surface area contributed by atoms with E-state index in [-0.39, 0.29) is 37.2 Å². The van der Waals surface area contributed by atoms with Gasteiger partial charge in [-0.05, 0) is 23.8 Å². The Balaban J connectivity index is 1.46. The van der Waals surface area contributed by atoms with E-state index in [0.717, 1.165) is 25.7 Å². The van der Waals surface area contributed by atoms with Crippen LogP contribution in [-0.2, 0) is 17.8 Å². The van der Waals surface area contributed by atoms with E-state index in [9.17, 15) is 14.4 Å². The van der Waals surface area contributed by atoms with Gasteiger partial charge in [0.1, 0.15) is 6.54 Å². The molecule has 1 aromatic heterocycles. The summed E-state index contributed by atoms with van der Waals surface area (Å²) in [5, 5.41) is 14.8. The minimum absolute atomic E-state index is 0.00616. The molecular formula is C19H24N6O3. The fourth-order valence-electron chi connectivity index (χ4n) is 3.06. The van der Waals surface area contributed by atoms with Crippen LogP contribution in [-0.4, -0.2) is 55.9 Å². The lowest BCUT2D eigenvalue weighted by atomic mass is 10.1. The van der Waals surface area contributed by atoms with E-state index in [1.165, 1.54) is 9.70 Å². The normalized spacial score (nSPS) is 13.1. The molecule has 3 amide bonds. The van der Waals surface area contributed by atoms with Crippen molar-refractivity contribution in [1.29, 1.82) is 0 Å². The Morgan fingerprint density at radius 3 is 2.46 bits per heavy atom. The number of hydrogen-bond donors (Lipinski definition) is 1. The van der Waals surface area contributed by atoms with Gasteiger partial charge in [-0.3, -0.25) is 19.3 Å². The van der Waals surface area contributed by atoms with Crippen LogP contribution in [0, 0.1) is 0 Å². The molecule has 3 rings (SSSR count). The molecule has 9 nitrogen and oxygen atoms in total. The first-order chi connectivity index (χ1) is 13.6. The molecule has 0 saturated heterocycles. The predicted molar refractivity (Wildman–Crippen MR) is 100 cm³/mol. The average molecular weight is 384 g/mol. The summed E-state index contributed by atoms with van der Waals surface area (Å²) >= 11 is 0. The van der Waals surface area contributed by atoms with Gasteiger partial charge in [-0.25, -0.2) is 0 Å². The van der Waals surface area contributed by atoms with Crippen molar-refractivity contribution in [3.63, 3.8) is 0 Å². The minimum atomic E-state index is -0.310. The lowest BCUT2D eigenvalue weighted by Gasteiger charge is -2.11. The van der Waals surface area contributed by atoms with Crippen LogP contribution in [0.25, 0.3) is 0 Å². The third-order valence-corrected chi connectivity index (χ3v) is 4.57. The summed E-state index contributed by atoms with van der Waals surface area (Å²) in [5.74, 6) is -0.404. The van der Waals surface area contributed by atoms with Crippen molar-refractivity contribution in [3.8, 4) is 0 Å². The maximum atomic E-state index is 12.3. The first-order valence-electron chi connectivity index (χ1n) is 9.58. The van der Waals surface area contributed by atoms with Crippen LogP contribution in [0.15, 0.2) is 24.3 Å². The SMILES string of the molecule is CCCCCCNC(=O)Cn1nnc(CCN2C(=O)c3ccccc3C2=O)n1. The third kappa shape index (κ3) is 4.59. The number of benzene rings is 1. The molecule has 0 atom stereocenters. The van der Waals surface area contributed by atoms with Gasteiger partial charge in [0.05, 0.1) is 11.1 Å². The van der Waals surface area contributed by atoms with E-state index < -0.39 is 0 Å². The molecular weight excluding hydrogens is 360 g/mol. The van der Waals surface area contributed by atoms with Crippen LogP contribution in [0.4, 0.5) is 0 Å². The number of amides is 3. The van der Waals surface area contributed by atoms with E-state index in [4.69, 9.17) is 0 Å². The quantitative estimate of drug-likeness (QED) is 0.487. The zero-order chi connectivity index (χ0) is 19.9. The number of hydrogen-bond acceptors (Lipinski definition) is 6. The second-order valence-corrected chi connectivity index (χ2v) is 6.70. The Kier molecular flexibility index (Phi) is 6.46. The minimum Gasteiger partial charge on any atom is -0.354 e. The number of unbranched alkanes of at least 4 members (excludes halogenated alkanes) is 3. The van der Waals surface area contributed by atoms with Crippen molar-refractivity contribution in [1.82, 2.24) is 30.4 Å². The number of aromatic nitrogens is 4. The van der Waals surface area contributed by atoms with Gasteiger partial charge < -0.3 is 5.32 Å². The monoisotopic (exact) mass is 384 g/mol. The maximum Gasteiger partial charge on any atom is 0.261 e. The Labute approximate surface area is 163 Å². The first-order valence-corrected chi connectivity index (χ1v) is 9.58. The van der Waals surface area contributed by atoms with Crippen LogP contribution in [0.5, 0.6) is 0 Å². The van der Waals surface area contributed by atoms with E-state index in [1.54, 1.807) is 24.3 Å². The highest BCUT2D eigenvalue weighted by Crippen LogP contribution is 2.22. The smallest absolute Gasteiger partial charge is 0.261 e. The zero-order valence-corrected chi connectivity index (χ0v) is 15.9. The highest BCUT2D eigenvalue weighted by molar-refractivity contribution is 6.21. The highest BCUT2D eigenvalue weighted by Gasteiger charge is 2.34. The lowest BCUT2D eigenvalue weighted by molar-refractivity contribution is -0.122. The summed E-state index contributed by atoms with van der Waals surface area (Å²) in [6.07, 6.45) is 4.65. The number of nitrogens with zero attached hydrogens (tertiary/aromatic N) is 5. The molecule has 1 N–H and O–H groups in total. The standard InChI is InChI=1S/C19H24N6O3/c1-2-3-4-7-11-20-17(26)13-25-22-16(21-23-25)10-12-24-18(27)14-8-5-6-9-15(14)19(24)28/h5-6,8-9H,2-4,7,10-13H2,1H3,(H,20,26). The van der Waals surface area contributed by atoms with Gasteiger partial charge in [0.2, 0.25) is 5.91 Å². The second kappa shape index (κ2) is 9.20. The number of nitrogens with one attached hydrogen (secondary N) is 1. The molecule has 1 aliphatic rings. The number of imide groups is 1. The van der Waals surface area contributed by atoms with E-state index in [0.29, 0.717) is 23.5 Å². The second-order valence-electron chi connectivity index (χ2n) is 6.70. The number of carbonyl (C=O) groups is 3. The van der Waals surface area contributed by atoms with Gasteiger partial charge in [-0.15, -0.1) is 10.2 Å². The Morgan fingerprint density at radius 1 is 1.07 bits per heavy atom. The molecule has 9 heteroatoms. The summed E-state index contributed by atoms with van der Waals surface area (Å²) in [7, 11) is 0. The largest absolute Gasteiger partial charge is 0.354 e. The van der Waals surface area contributed by atoms with Crippen LogP contribution in [0.3, 0.4) is 0 Å². The van der Waals surface area contributed by atoms with Crippen molar-refractivity contribution in [2.24, 2.45) is 0 Å². The van der Waals surface area contributed by atoms with Gasteiger partial charge in [-0.1, -0.05) is 38.3 Å². The summed E-state index contributed by atoms with van der Waals surface area (Å²) in [6, 6.07) is 6.75. The van der Waals surface area contributed by atoms with Gasteiger partial charge in [0.15, 0.2) is 5.82 Å². The van der Waals surface area contributed by atoms with Gasteiger partial charge in [-0.2, -0.15) is 4.80 Å². The Hall–Kier alpha value is -3.10. The van der Waals surface area contributed by atoms with Crippen molar-refractivity contribution < 1.29 is 14.4 Å². The van der Waals surface area contributed by atoms with E-state index in [2.05, 4.69) is 27.7 Å². The lowest BCUT2D eigenvalue weighted by Crippen LogP contribution is -2.32. The summed E-state index contributed by atoms with van der Waals surface area (Å²) in [5.41, 5.74) is 0.833. The molecule has 0 unspecified atom stereocenters. The van der Waals surface area contributed by atoms with Crippen molar-refractivity contribution in [2.45, 2.75) is 45.6 Å². The van der Waals surface area contributed by atoms with Crippen LogP contribution in [0.2, 0.25) is 0 Å². The van der Waals surface area contributed by atoms with Crippen LogP contribution >= 0.6 is 0 Å². The molecule has 2 aromatic rings. The van der Waals surface area contributed by atoms with E-state index in [1.807, 2.05) is 0 Å². The number of fused-ring (bicyclic) bond motifs is 1. The zero-order valence-electron chi connectivity index (χ0n) is 15.9. The summed E-state index contributed by atoms with van der Waals surface area (Å²) in [4.78, 5) is 39.0. The molecule has 0 saturated carbocycles. The third-order valence-electron chi connectivity index (χ3n) is 4.57. The molecule has 0 bridgehead atoms. The molecule has 0 aliphatic carbocycles. The van der Waals surface area contributed by atoms with Crippen molar-refractivity contribution in [2.75, 3.05) is 13.1 Å². The van der Waals surface area contributed by atoms with Crippen LogP contribution < -0.4 is 5.32 Å². The fraction of sp³-hybridized carbons (Fsp3) is 0.474.